The largest absolute Gasteiger partial charge is 0.332 e. The molecule has 2 N–H and O–H groups in total. The van der Waals surface area contributed by atoms with Crippen molar-refractivity contribution in [1.82, 2.24) is 5.32 Å². The van der Waals surface area contributed by atoms with Crippen LogP contribution >= 0.6 is 23.6 Å². The molecule has 1 aromatic heterocycles. The number of thiocarbonyl (C=S) groups is 1. The predicted octanol–water partition coefficient (Wildman–Crippen LogP) is 3.18. The van der Waals surface area contributed by atoms with E-state index in [0.29, 0.717) is 5.69 Å². The maximum atomic E-state index is 11.7. The Hall–Kier alpha value is -2.58. The third-order valence-corrected chi connectivity index (χ3v) is 3.54. The van der Waals surface area contributed by atoms with Gasteiger partial charge in [0, 0.05) is 28.8 Å². The second-order valence-electron chi connectivity index (χ2n) is 4.10. The minimum atomic E-state index is -0.503. The van der Waals surface area contributed by atoms with E-state index in [4.69, 9.17) is 12.2 Å². The van der Waals surface area contributed by atoms with Gasteiger partial charge in [0.25, 0.3) is 5.69 Å². The molecule has 1 aromatic carbocycles. The topological polar surface area (TPSA) is 84.3 Å². The highest BCUT2D eigenvalue weighted by atomic mass is 32.1. The van der Waals surface area contributed by atoms with Gasteiger partial charge in [-0.05, 0) is 35.8 Å². The van der Waals surface area contributed by atoms with E-state index in [9.17, 15) is 14.9 Å². The van der Waals surface area contributed by atoms with E-state index in [1.54, 1.807) is 12.1 Å². The summed E-state index contributed by atoms with van der Waals surface area (Å²) in [4.78, 5) is 22.8. The zero-order valence-corrected chi connectivity index (χ0v) is 12.8. The molecule has 0 fully saturated rings. The molecule has 112 valence electrons. The van der Waals surface area contributed by atoms with E-state index in [-0.39, 0.29) is 16.7 Å². The van der Waals surface area contributed by atoms with E-state index in [1.807, 2.05) is 17.5 Å². The Bertz CT molecular complexity index is 727. The maximum absolute atomic E-state index is 11.7. The molecule has 22 heavy (non-hydrogen) atoms. The molecular weight excluding hydrogens is 322 g/mol. The monoisotopic (exact) mass is 333 g/mol. The van der Waals surface area contributed by atoms with Gasteiger partial charge >= 0.3 is 0 Å². The average molecular weight is 333 g/mol. The lowest BCUT2D eigenvalue weighted by molar-refractivity contribution is -0.384. The zero-order chi connectivity index (χ0) is 15.9. The Balaban J connectivity index is 1.91. The first-order valence-corrected chi connectivity index (χ1v) is 7.41. The van der Waals surface area contributed by atoms with Gasteiger partial charge in [0.15, 0.2) is 5.11 Å². The number of thiophene rings is 1. The summed E-state index contributed by atoms with van der Waals surface area (Å²) in [5.74, 6) is -0.378. The number of benzene rings is 1. The molecule has 6 nitrogen and oxygen atoms in total. The standard InChI is InChI=1S/C14H11N3O3S2/c18-13(7-6-12-5-2-8-22-12)16-14(21)15-10-3-1-4-11(9-10)17(19)20/h1-9H,(H2,15,16,18,21). The van der Waals surface area contributed by atoms with E-state index < -0.39 is 4.92 Å². The van der Waals surface area contributed by atoms with E-state index in [1.165, 1.54) is 35.6 Å². The normalized spacial score (nSPS) is 10.4. The van der Waals surface area contributed by atoms with Crippen LogP contribution in [0.15, 0.2) is 47.9 Å². The SMILES string of the molecule is O=C(C=Cc1cccs1)NC(=S)Nc1cccc([N+](=O)[O-])c1. The predicted molar refractivity (Wildman–Crippen MR) is 90.8 cm³/mol. The highest BCUT2D eigenvalue weighted by Gasteiger charge is 2.07. The van der Waals surface area contributed by atoms with Gasteiger partial charge in [-0.2, -0.15) is 0 Å². The maximum Gasteiger partial charge on any atom is 0.271 e. The summed E-state index contributed by atoms with van der Waals surface area (Å²) in [5.41, 5.74) is 0.374. The Morgan fingerprint density at radius 1 is 1.32 bits per heavy atom. The number of nitro benzene ring substituents is 1. The van der Waals surface area contributed by atoms with Crippen LogP contribution in [0.4, 0.5) is 11.4 Å². The number of nitrogens with zero attached hydrogens (tertiary/aromatic N) is 1. The second-order valence-corrected chi connectivity index (χ2v) is 5.49. The molecule has 1 heterocycles. The fourth-order valence-corrected chi connectivity index (χ4v) is 2.39. The van der Waals surface area contributed by atoms with Crippen LogP contribution in [0.5, 0.6) is 0 Å². The van der Waals surface area contributed by atoms with Crippen molar-refractivity contribution in [2.75, 3.05) is 5.32 Å². The molecular formula is C14H11N3O3S2. The quantitative estimate of drug-likeness (QED) is 0.388. The van der Waals surface area contributed by atoms with Crippen LogP contribution in [0.25, 0.3) is 6.08 Å². The van der Waals surface area contributed by atoms with Crippen molar-refractivity contribution in [3.8, 4) is 0 Å². The van der Waals surface area contributed by atoms with Crippen LogP contribution in [0.1, 0.15) is 4.88 Å². The summed E-state index contributed by atoms with van der Waals surface area (Å²) in [6.45, 7) is 0. The minimum Gasteiger partial charge on any atom is -0.332 e. The molecule has 0 bridgehead atoms. The summed E-state index contributed by atoms with van der Waals surface area (Å²) in [5, 5.41) is 17.9. The summed E-state index contributed by atoms with van der Waals surface area (Å²) in [6, 6.07) is 9.62. The minimum absolute atomic E-state index is 0.0586. The smallest absolute Gasteiger partial charge is 0.271 e. The van der Waals surface area contributed by atoms with Crippen molar-refractivity contribution in [3.05, 3.63) is 62.8 Å². The van der Waals surface area contributed by atoms with Gasteiger partial charge in [-0.15, -0.1) is 11.3 Å². The van der Waals surface area contributed by atoms with Gasteiger partial charge in [0.2, 0.25) is 5.91 Å². The molecule has 0 aliphatic rings. The van der Waals surface area contributed by atoms with Crippen LogP contribution in [-0.2, 0) is 4.79 Å². The number of nitrogens with one attached hydrogen (secondary N) is 2. The van der Waals surface area contributed by atoms with E-state index >= 15 is 0 Å². The summed E-state index contributed by atoms with van der Waals surface area (Å²) in [6.07, 6.45) is 3.04. The first-order valence-electron chi connectivity index (χ1n) is 6.12. The summed E-state index contributed by atoms with van der Waals surface area (Å²) < 4.78 is 0. The lowest BCUT2D eigenvalue weighted by Crippen LogP contribution is -2.32. The average Bonchev–Trinajstić information content (AvgIpc) is 2.98. The fraction of sp³-hybridized carbons (Fsp3) is 0. The second kappa shape index (κ2) is 7.43. The highest BCUT2D eigenvalue weighted by Crippen LogP contribution is 2.16. The number of amides is 1. The molecule has 2 rings (SSSR count). The number of hydrogen-bond donors (Lipinski definition) is 2. The lowest BCUT2D eigenvalue weighted by Gasteiger charge is -2.07. The van der Waals surface area contributed by atoms with Crippen LogP contribution in [0.3, 0.4) is 0 Å². The lowest BCUT2D eigenvalue weighted by atomic mass is 10.3. The molecule has 2 aromatic rings. The number of non-ortho nitro benzene ring substituents is 1. The van der Waals surface area contributed by atoms with Crippen LogP contribution in [0.2, 0.25) is 0 Å². The van der Waals surface area contributed by atoms with Crippen LogP contribution in [0, 0.1) is 10.1 Å². The third kappa shape index (κ3) is 4.76. The number of rotatable bonds is 4. The highest BCUT2D eigenvalue weighted by molar-refractivity contribution is 7.80. The molecule has 0 unspecified atom stereocenters. The van der Waals surface area contributed by atoms with Crippen molar-refractivity contribution in [2.24, 2.45) is 0 Å². The molecule has 0 saturated carbocycles. The molecule has 0 radical (unpaired) electrons. The first kappa shape index (κ1) is 15.8. The number of nitro groups is 1. The fourth-order valence-electron chi connectivity index (χ4n) is 1.56. The number of carbonyl (C=O) groups excluding carboxylic acids is 1. The Labute approximate surface area is 135 Å². The molecule has 0 aliphatic carbocycles. The first-order chi connectivity index (χ1) is 10.5. The van der Waals surface area contributed by atoms with E-state index in [2.05, 4.69) is 10.6 Å². The summed E-state index contributed by atoms with van der Waals surface area (Å²) >= 11 is 6.50. The third-order valence-electron chi connectivity index (χ3n) is 2.49. The van der Waals surface area contributed by atoms with Crippen molar-refractivity contribution in [2.45, 2.75) is 0 Å². The Kier molecular flexibility index (Phi) is 5.34. The molecule has 0 aliphatic heterocycles. The van der Waals surface area contributed by atoms with Crippen molar-refractivity contribution >= 4 is 52.0 Å². The van der Waals surface area contributed by atoms with Crippen LogP contribution < -0.4 is 10.6 Å². The van der Waals surface area contributed by atoms with Crippen molar-refractivity contribution in [3.63, 3.8) is 0 Å². The Morgan fingerprint density at radius 2 is 2.14 bits per heavy atom. The number of carbonyl (C=O) groups is 1. The molecule has 0 saturated heterocycles. The van der Waals surface area contributed by atoms with Gasteiger partial charge in [-0.3, -0.25) is 20.2 Å². The molecule has 0 atom stereocenters. The van der Waals surface area contributed by atoms with Crippen molar-refractivity contribution < 1.29 is 9.72 Å². The molecule has 8 heteroatoms. The van der Waals surface area contributed by atoms with Gasteiger partial charge in [-0.25, -0.2) is 0 Å². The zero-order valence-electron chi connectivity index (χ0n) is 11.2. The van der Waals surface area contributed by atoms with Gasteiger partial charge < -0.3 is 5.32 Å². The van der Waals surface area contributed by atoms with Gasteiger partial charge in [0.05, 0.1) is 4.92 Å². The number of hydrogen-bond acceptors (Lipinski definition) is 5. The van der Waals surface area contributed by atoms with Crippen molar-refractivity contribution in [1.29, 1.82) is 0 Å². The van der Waals surface area contributed by atoms with Crippen LogP contribution in [-0.4, -0.2) is 15.9 Å². The summed E-state index contributed by atoms with van der Waals surface area (Å²) in [7, 11) is 0. The Morgan fingerprint density at radius 3 is 2.82 bits per heavy atom. The number of anilines is 1. The van der Waals surface area contributed by atoms with Gasteiger partial charge in [0.1, 0.15) is 0 Å². The molecule has 0 spiro atoms. The van der Waals surface area contributed by atoms with Gasteiger partial charge in [-0.1, -0.05) is 12.1 Å². The van der Waals surface area contributed by atoms with E-state index in [0.717, 1.165) is 4.88 Å². The molecule has 1 amide bonds.